The third-order valence-electron chi connectivity index (χ3n) is 1.26. The number of halogens is 1. The molecule has 0 aliphatic rings. The monoisotopic (exact) mass is 185 g/mol. The third kappa shape index (κ3) is 6.52. The maximum Gasteiger partial charge on any atom is 0.158 e. The maximum atomic E-state index is 8.54. The van der Waals surface area contributed by atoms with Gasteiger partial charge in [0.25, 0.3) is 0 Å². The van der Waals surface area contributed by atoms with Crippen LogP contribution >= 0.6 is 12.4 Å². The number of aliphatic hydroxyl groups excluding tert-OH is 1. The van der Waals surface area contributed by atoms with Crippen molar-refractivity contribution in [3.8, 4) is 0 Å². The Morgan fingerprint density at radius 3 is 2.09 bits per heavy atom. The SMILES string of the molecule is COC(CC(N)CO)OC.Cl. The van der Waals surface area contributed by atoms with E-state index in [0.717, 1.165) is 0 Å². The van der Waals surface area contributed by atoms with E-state index in [1.165, 1.54) is 14.2 Å². The Morgan fingerprint density at radius 2 is 1.82 bits per heavy atom. The molecule has 0 aliphatic carbocycles. The first-order valence-corrected chi connectivity index (χ1v) is 3.16. The molecule has 0 saturated carbocycles. The first kappa shape index (κ1) is 13.7. The van der Waals surface area contributed by atoms with Crippen LogP contribution in [0.1, 0.15) is 6.42 Å². The fourth-order valence-corrected chi connectivity index (χ4v) is 0.610. The number of rotatable bonds is 5. The second-order valence-electron chi connectivity index (χ2n) is 2.08. The van der Waals surface area contributed by atoms with Crippen molar-refractivity contribution in [2.24, 2.45) is 5.73 Å². The first-order valence-electron chi connectivity index (χ1n) is 3.16. The second kappa shape index (κ2) is 8.23. The molecule has 0 heterocycles. The molecular formula is C6H16ClNO3. The zero-order valence-corrected chi connectivity index (χ0v) is 7.63. The summed E-state index contributed by atoms with van der Waals surface area (Å²) in [5, 5.41) is 8.54. The zero-order chi connectivity index (χ0) is 7.98. The molecule has 0 fully saturated rings. The summed E-state index contributed by atoms with van der Waals surface area (Å²) in [6.07, 6.45) is 0.214. The summed E-state index contributed by atoms with van der Waals surface area (Å²) in [5.41, 5.74) is 5.42. The van der Waals surface area contributed by atoms with Crippen molar-refractivity contribution in [1.82, 2.24) is 0 Å². The molecule has 5 heteroatoms. The highest BCUT2D eigenvalue weighted by atomic mass is 35.5. The van der Waals surface area contributed by atoms with E-state index < -0.39 is 0 Å². The van der Waals surface area contributed by atoms with Crippen molar-refractivity contribution in [3.63, 3.8) is 0 Å². The Bertz CT molecular complexity index is 80.2. The van der Waals surface area contributed by atoms with E-state index in [1.54, 1.807) is 0 Å². The molecule has 0 aromatic carbocycles. The van der Waals surface area contributed by atoms with Gasteiger partial charge in [-0.2, -0.15) is 0 Å². The minimum Gasteiger partial charge on any atom is -0.395 e. The lowest BCUT2D eigenvalue weighted by Gasteiger charge is -2.16. The largest absolute Gasteiger partial charge is 0.395 e. The highest BCUT2D eigenvalue weighted by Gasteiger charge is 2.09. The van der Waals surface area contributed by atoms with E-state index >= 15 is 0 Å². The van der Waals surface area contributed by atoms with Crippen LogP contribution in [0.2, 0.25) is 0 Å². The van der Waals surface area contributed by atoms with Crippen molar-refractivity contribution in [2.45, 2.75) is 18.8 Å². The molecule has 0 bridgehead atoms. The van der Waals surface area contributed by atoms with E-state index in [0.29, 0.717) is 6.42 Å². The summed E-state index contributed by atoms with van der Waals surface area (Å²) < 4.78 is 9.72. The lowest BCUT2D eigenvalue weighted by molar-refractivity contribution is -0.110. The summed E-state index contributed by atoms with van der Waals surface area (Å²) in [7, 11) is 3.08. The van der Waals surface area contributed by atoms with Crippen LogP contribution in [0.4, 0.5) is 0 Å². The van der Waals surface area contributed by atoms with Crippen LogP contribution in [0, 0.1) is 0 Å². The molecule has 0 aromatic heterocycles. The van der Waals surface area contributed by atoms with Crippen LogP contribution in [0.3, 0.4) is 0 Å². The quantitative estimate of drug-likeness (QED) is 0.580. The second-order valence-corrected chi connectivity index (χ2v) is 2.08. The molecule has 0 aliphatic heterocycles. The van der Waals surface area contributed by atoms with Crippen LogP contribution in [0.5, 0.6) is 0 Å². The van der Waals surface area contributed by atoms with Gasteiger partial charge in [0.1, 0.15) is 0 Å². The Morgan fingerprint density at radius 1 is 1.36 bits per heavy atom. The molecule has 0 saturated heterocycles. The number of methoxy groups -OCH3 is 2. The van der Waals surface area contributed by atoms with Gasteiger partial charge in [-0.05, 0) is 0 Å². The molecule has 1 atom stereocenters. The van der Waals surface area contributed by atoms with E-state index in [2.05, 4.69) is 0 Å². The Hall–Kier alpha value is 0.130. The van der Waals surface area contributed by atoms with Gasteiger partial charge in [-0.15, -0.1) is 12.4 Å². The first-order chi connectivity index (χ1) is 4.74. The molecule has 0 rings (SSSR count). The Balaban J connectivity index is 0. The van der Waals surface area contributed by atoms with Crippen LogP contribution in [0.15, 0.2) is 0 Å². The molecule has 70 valence electrons. The highest BCUT2D eigenvalue weighted by Crippen LogP contribution is 1.99. The smallest absolute Gasteiger partial charge is 0.158 e. The van der Waals surface area contributed by atoms with Gasteiger partial charge in [0.15, 0.2) is 6.29 Å². The summed E-state index contributed by atoms with van der Waals surface area (Å²) in [6.45, 7) is -0.0385. The van der Waals surface area contributed by atoms with Crippen molar-refractivity contribution in [2.75, 3.05) is 20.8 Å². The minimum atomic E-state index is -0.304. The summed E-state index contributed by atoms with van der Waals surface area (Å²) in [6, 6.07) is -0.259. The van der Waals surface area contributed by atoms with Crippen molar-refractivity contribution >= 4 is 12.4 Å². The molecule has 1 unspecified atom stereocenters. The van der Waals surface area contributed by atoms with E-state index in [-0.39, 0.29) is 31.3 Å². The lowest BCUT2D eigenvalue weighted by atomic mass is 10.2. The van der Waals surface area contributed by atoms with Crippen LogP contribution in [0.25, 0.3) is 0 Å². The zero-order valence-electron chi connectivity index (χ0n) is 6.82. The van der Waals surface area contributed by atoms with Crippen molar-refractivity contribution in [1.29, 1.82) is 0 Å². The Labute approximate surface area is 73.1 Å². The topological polar surface area (TPSA) is 64.7 Å². The number of hydrogen-bond donors (Lipinski definition) is 2. The molecule has 4 nitrogen and oxygen atoms in total. The molecule has 3 N–H and O–H groups in total. The van der Waals surface area contributed by atoms with E-state index in [1.807, 2.05) is 0 Å². The standard InChI is InChI=1S/C6H15NO3.ClH/c1-9-6(10-2)3-5(7)4-8;/h5-6,8H,3-4,7H2,1-2H3;1H. The number of aliphatic hydroxyl groups is 1. The highest BCUT2D eigenvalue weighted by molar-refractivity contribution is 5.85. The van der Waals surface area contributed by atoms with Gasteiger partial charge in [0.2, 0.25) is 0 Å². The minimum absolute atomic E-state index is 0. The van der Waals surface area contributed by atoms with E-state index in [9.17, 15) is 0 Å². The lowest BCUT2D eigenvalue weighted by Crippen LogP contribution is -2.31. The third-order valence-corrected chi connectivity index (χ3v) is 1.26. The van der Waals surface area contributed by atoms with Gasteiger partial charge in [-0.1, -0.05) is 0 Å². The molecule has 0 radical (unpaired) electrons. The van der Waals surface area contributed by atoms with Gasteiger partial charge in [0.05, 0.1) is 6.61 Å². The van der Waals surface area contributed by atoms with Crippen molar-refractivity contribution in [3.05, 3.63) is 0 Å². The number of nitrogens with two attached hydrogens (primary N) is 1. The van der Waals surface area contributed by atoms with E-state index in [4.69, 9.17) is 20.3 Å². The van der Waals surface area contributed by atoms with Gasteiger partial charge in [-0.25, -0.2) is 0 Å². The predicted octanol–water partition coefficient (Wildman–Crippen LogP) is -0.263. The van der Waals surface area contributed by atoms with Crippen LogP contribution < -0.4 is 5.73 Å². The molecule has 0 aromatic rings. The molecule has 0 spiro atoms. The van der Waals surface area contributed by atoms with Gasteiger partial charge < -0.3 is 20.3 Å². The Kier molecular flexibility index (Phi) is 10.2. The van der Waals surface area contributed by atoms with Gasteiger partial charge in [0, 0.05) is 26.7 Å². The summed E-state index contributed by atoms with van der Waals surface area (Å²) in [4.78, 5) is 0. The van der Waals surface area contributed by atoms with Gasteiger partial charge >= 0.3 is 0 Å². The van der Waals surface area contributed by atoms with Crippen LogP contribution in [-0.2, 0) is 9.47 Å². The number of hydrogen-bond acceptors (Lipinski definition) is 4. The molecular weight excluding hydrogens is 170 g/mol. The summed E-state index contributed by atoms with van der Waals surface area (Å²) >= 11 is 0. The molecule has 11 heavy (non-hydrogen) atoms. The average molecular weight is 186 g/mol. The fourth-order valence-electron chi connectivity index (χ4n) is 0.610. The fraction of sp³-hybridized carbons (Fsp3) is 1.00. The average Bonchev–Trinajstić information content (AvgIpc) is 1.99. The molecule has 0 amide bonds. The number of ether oxygens (including phenoxy) is 2. The predicted molar refractivity (Wildman–Crippen MR) is 44.7 cm³/mol. The normalized spacial score (nSPS) is 12.8. The maximum absolute atomic E-state index is 8.54. The van der Waals surface area contributed by atoms with Crippen LogP contribution in [-0.4, -0.2) is 38.3 Å². The van der Waals surface area contributed by atoms with Crippen molar-refractivity contribution < 1.29 is 14.6 Å². The summed E-state index contributed by atoms with van der Waals surface area (Å²) in [5.74, 6) is 0. The van der Waals surface area contributed by atoms with Gasteiger partial charge in [-0.3, -0.25) is 0 Å².